The summed E-state index contributed by atoms with van der Waals surface area (Å²) in [6, 6.07) is 0.735. The van der Waals surface area contributed by atoms with Crippen LogP contribution in [-0.2, 0) is 0 Å². The van der Waals surface area contributed by atoms with E-state index in [0.29, 0.717) is 5.41 Å². The summed E-state index contributed by atoms with van der Waals surface area (Å²) < 4.78 is 0. The molecule has 1 rings (SSSR count). The van der Waals surface area contributed by atoms with Crippen LogP contribution in [-0.4, -0.2) is 37.1 Å². The Morgan fingerprint density at radius 3 is 2.47 bits per heavy atom. The fraction of sp³-hybridized carbons (Fsp3) is 1.00. The van der Waals surface area contributed by atoms with E-state index in [1.165, 1.54) is 26.1 Å². The third-order valence-electron chi connectivity index (χ3n) is 4.65. The van der Waals surface area contributed by atoms with E-state index in [-0.39, 0.29) is 0 Å². The zero-order valence-electron chi connectivity index (χ0n) is 12.7. The summed E-state index contributed by atoms with van der Waals surface area (Å²) in [4.78, 5) is 2.67. The van der Waals surface area contributed by atoms with E-state index in [1.54, 1.807) is 0 Å². The van der Waals surface area contributed by atoms with Gasteiger partial charge >= 0.3 is 0 Å². The van der Waals surface area contributed by atoms with Gasteiger partial charge in [0.1, 0.15) is 0 Å². The van der Waals surface area contributed by atoms with Crippen LogP contribution in [0.25, 0.3) is 0 Å². The SMILES string of the molecule is CCNC1CCN(CC(C)(C)C(C)C)CC1C. The van der Waals surface area contributed by atoms with E-state index < -0.39 is 0 Å². The lowest BCUT2D eigenvalue weighted by molar-refractivity contribution is 0.0826. The van der Waals surface area contributed by atoms with E-state index in [0.717, 1.165) is 24.4 Å². The third kappa shape index (κ3) is 4.26. The normalized spacial score (nSPS) is 27.7. The van der Waals surface area contributed by atoms with Crippen LogP contribution in [0.1, 0.15) is 48.0 Å². The average molecular weight is 240 g/mol. The number of nitrogens with zero attached hydrogens (tertiary/aromatic N) is 1. The molecule has 0 aliphatic carbocycles. The van der Waals surface area contributed by atoms with Crippen molar-refractivity contribution in [2.75, 3.05) is 26.2 Å². The van der Waals surface area contributed by atoms with Gasteiger partial charge in [-0.3, -0.25) is 0 Å². The van der Waals surface area contributed by atoms with E-state index in [9.17, 15) is 0 Å². The molecule has 2 unspecified atom stereocenters. The van der Waals surface area contributed by atoms with Crippen molar-refractivity contribution in [3.05, 3.63) is 0 Å². The molecule has 1 N–H and O–H groups in total. The summed E-state index contributed by atoms with van der Waals surface area (Å²) in [7, 11) is 0. The van der Waals surface area contributed by atoms with Crippen LogP contribution in [0.5, 0.6) is 0 Å². The molecule has 0 aromatic heterocycles. The lowest BCUT2D eigenvalue weighted by Gasteiger charge is -2.42. The topological polar surface area (TPSA) is 15.3 Å². The predicted octanol–water partition coefficient (Wildman–Crippen LogP) is 2.99. The summed E-state index contributed by atoms with van der Waals surface area (Å²) in [5, 5.41) is 3.61. The Hall–Kier alpha value is -0.0800. The molecule has 2 nitrogen and oxygen atoms in total. The second kappa shape index (κ2) is 6.19. The minimum absolute atomic E-state index is 0.435. The van der Waals surface area contributed by atoms with Crippen LogP contribution in [0.15, 0.2) is 0 Å². The number of hydrogen-bond acceptors (Lipinski definition) is 2. The van der Waals surface area contributed by atoms with E-state index in [2.05, 4.69) is 51.8 Å². The number of piperidine rings is 1. The molecule has 0 spiro atoms. The summed E-state index contributed by atoms with van der Waals surface area (Å²) in [6.45, 7) is 19.0. The van der Waals surface area contributed by atoms with Gasteiger partial charge in [0.05, 0.1) is 0 Å². The van der Waals surface area contributed by atoms with E-state index in [4.69, 9.17) is 0 Å². The van der Waals surface area contributed by atoms with Crippen molar-refractivity contribution in [3.63, 3.8) is 0 Å². The Morgan fingerprint density at radius 1 is 1.35 bits per heavy atom. The Balaban J connectivity index is 2.44. The number of nitrogens with one attached hydrogen (secondary N) is 1. The highest BCUT2D eigenvalue weighted by molar-refractivity contribution is 4.85. The van der Waals surface area contributed by atoms with Gasteiger partial charge in [-0.15, -0.1) is 0 Å². The molecule has 102 valence electrons. The third-order valence-corrected chi connectivity index (χ3v) is 4.65. The average Bonchev–Trinajstić information content (AvgIpc) is 2.21. The maximum absolute atomic E-state index is 3.61. The van der Waals surface area contributed by atoms with Gasteiger partial charge in [-0.25, -0.2) is 0 Å². The van der Waals surface area contributed by atoms with Gasteiger partial charge in [0.25, 0.3) is 0 Å². The second-order valence-electron chi connectivity index (χ2n) is 6.81. The zero-order valence-corrected chi connectivity index (χ0v) is 12.7. The highest BCUT2D eigenvalue weighted by Crippen LogP contribution is 2.29. The number of rotatable bonds is 5. The second-order valence-corrected chi connectivity index (χ2v) is 6.81. The summed E-state index contributed by atoms with van der Waals surface area (Å²) in [5.74, 6) is 1.54. The molecule has 17 heavy (non-hydrogen) atoms. The monoisotopic (exact) mass is 240 g/mol. The van der Waals surface area contributed by atoms with Crippen molar-refractivity contribution in [1.29, 1.82) is 0 Å². The fourth-order valence-corrected chi connectivity index (χ4v) is 2.70. The molecule has 0 amide bonds. The Morgan fingerprint density at radius 2 is 2.00 bits per heavy atom. The van der Waals surface area contributed by atoms with Crippen molar-refractivity contribution < 1.29 is 0 Å². The Kier molecular flexibility index (Phi) is 5.46. The summed E-state index contributed by atoms with van der Waals surface area (Å²) in [6.07, 6.45) is 1.31. The van der Waals surface area contributed by atoms with Gasteiger partial charge in [-0.1, -0.05) is 41.5 Å². The van der Waals surface area contributed by atoms with Gasteiger partial charge in [-0.05, 0) is 36.8 Å². The summed E-state index contributed by atoms with van der Waals surface area (Å²) >= 11 is 0. The highest BCUT2D eigenvalue weighted by Gasteiger charge is 2.30. The number of likely N-dealkylation sites (tertiary alicyclic amines) is 1. The molecule has 0 aromatic carbocycles. The smallest absolute Gasteiger partial charge is 0.0117 e. The van der Waals surface area contributed by atoms with Crippen LogP contribution in [0, 0.1) is 17.3 Å². The maximum atomic E-state index is 3.61. The quantitative estimate of drug-likeness (QED) is 0.795. The first-order valence-electron chi connectivity index (χ1n) is 7.32. The molecule has 0 bridgehead atoms. The largest absolute Gasteiger partial charge is 0.314 e. The Bertz CT molecular complexity index is 223. The van der Waals surface area contributed by atoms with Gasteiger partial charge in [0, 0.05) is 19.1 Å². The summed E-state index contributed by atoms with van der Waals surface area (Å²) in [5.41, 5.74) is 0.435. The molecule has 2 atom stereocenters. The molecule has 1 fully saturated rings. The molecule has 1 aliphatic heterocycles. The van der Waals surface area contributed by atoms with Crippen LogP contribution < -0.4 is 5.32 Å². The minimum atomic E-state index is 0.435. The first-order chi connectivity index (χ1) is 7.86. The van der Waals surface area contributed by atoms with Crippen molar-refractivity contribution in [2.24, 2.45) is 17.3 Å². The van der Waals surface area contributed by atoms with Gasteiger partial charge in [0.15, 0.2) is 0 Å². The minimum Gasteiger partial charge on any atom is -0.314 e. The zero-order chi connectivity index (χ0) is 13.1. The van der Waals surface area contributed by atoms with Gasteiger partial charge in [-0.2, -0.15) is 0 Å². The molecule has 0 aromatic rings. The molecule has 2 heteroatoms. The van der Waals surface area contributed by atoms with Crippen molar-refractivity contribution >= 4 is 0 Å². The predicted molar refractivity (Wildman–Crippen MR) is 76.3 cm³/mol. The highest BCUT2D eigenvalue weighted by atomic mass is 15.2. The molecule has 0 saturated carbocycles. The van der Waals surface area contributed by atoms with Crippen molar-refractivity contribution in [1.82, 2.24) is 10.2 Å². The standard InChI is InChI=1S/C15H32N2/c1-7-16-14-8-9-17(10-13(14)4)11-15(5,6)12(2)3/h12-14,16H,7-11H2,1-6H3. The van der Waals surface area contributed by atoms with Crippen LogP contribution in [0.2, 0.25) is 0 Å². The van der Waals surface area contributed by atoms with Gasteiger partial charge < -0.3 is 10.2 Å². The van der Waals surface area contributed by atoms with Crippen LogP contribution >= 0.6 is 0 Å². The lowest BCUT2D eigenvalue weighted by Crippen LogP contribution is -2.50. The van der Waals surface area contributed by atoms with Crippen LogP contribution in [0.4, 0.5) is 0 Å². The first-order valence-corrected chi connectivity index (χ1v) is 7.32. The molecule has 1 saturated heterocycles. The molecular formula is C15H32N2. The Labute approximate surface area is 108 Å². The van der Waals surface area contributed by atoms with Gasteiger partial charge in [0.2, 0.25) is 0 Å². The van der Waals surface area contributed by atoms with Crippen molar-refractivity contribution in [2.45, 2.75) is 54.0 Å². The van der Waals surface area contributed by atoms with Crippen molar-refractivity contribution in [3.8, 4) is 0 Å². The first kappa shape index (κ1) is 15.0. The maximum Gasteiger partial charge on any atom is 0.0117 e. The fourth-order valence-electron chi connectivity index (χ4n) is 2.70. The number of hydrogen-bond donors (Lipinski definition) is 1. The van der Waals surface area contributed by atoms with Crippen LogP contribution in [0.3, 0.4) is 0 Å². The lowest BCUT2D eigenvalue weighted by atomic mass is 9.80. The molecule has 1 heterocycles. The van der Waals surface area contributed by atoms with E-state index >= 15 is 0 Å². The van der Waals surface area contributed by atoms with E-state index in [1.807, 2.05) is 0 Å². The molecule has 1 aliphatic rings. The molecular weight excluding hydrogens is 208 g/mol. The molecule has 0 radical (unpaired) electrons.